The van der Waals surface area contributed by atoms with Crippen LogP contribution >= 0.6 is 11.6 Å². The van der Waals surface area contributed by atoms with E-state index in [1.165, 1.54) is 14.0 Å². The van der Waals surface area contributed by atoms with E-state index in [-0.39, 0.29) is 5.78 Å². The quantitative estimate of drug-likeness (QED) is 0.743. The maximum Gasteiger partial charge on any atom is 0.165 e. The molecule has 0 saturated heterocycles. The molecule has 0 N–H and O–H groups in total. The van der Waals surface area contributed by atoms with E-state index in [4.69, 9.17) is 21.1 Å². The van der Waals surface area contributed by atoms with Crippen molar-refractivity contribution in [2.24, 2.45) is 0 Å². The third-order valence-electron chi connectivity index (χ3n) is 2.06. The molecule has 1 aromatic carbocycles. The van der Waals surface area contributed by atoms with Gasteiger partial charge in [0.25, 0.3) is 0 Å². The van der Waals surface area contributed by atoms with Crippen LogP contribution in [0.3, 0.4) is 0 Å². The summed E-state index contributed by atoms with van der Waals surface area (Å²) in [7, 11) is 3.06. The Kier molecular flexibility index (Phi) is 3.97. The zero-order valence-corrected chi connectivity index (χ0v) is 9.67. The van der Waals surface area contributed by atoms with Gasteiger partial charge in [0.1, 0.15) is 5.38 Å². The summed E-state index contributed by atoms with van der Waals surface area (Å²) < 4.78 is 10.3. The summed E-state index contributed by atoms with van der Waals surface area (Å²) in [5.41, 5.74) is 0.631. The molecule has 4 heteroatoms. The van der Waals surface area contributed by atoms with Gasteiger partial charge in [-0.2, -0.15) is 0 Å². The lowest BCUT2D eigenvalue weighted by Gasteiger charge is -2.14. The normalized spacial score (nSPS) is 12.0. The molecule has 1 atom stereocenters. The van der Waals surface area contributed by atoms with Gasteiger partial charge in [-0.25, -0.2) is 0 Å². The van der Waals surface area contributed by atoms with Crippen LogP contribution in [-0.4, -0.2) is 20.0 Å². The van der Waals surface area contributed by atoms with Crippen LogP contribution in [0.4, 0.5) is 0 Å². The summed E-state index contributed by atoms with van der Waals surface area (Å²) >= 11 is 5.97. The highest BCUT2D eigenvalue weighted by Crippen LogP contribution is 2.37. The van der Waals surface area contributed by atoms with Gasteiger partial charge in [-0.15, -0.1) is 11.6 Å². The first-order valence-electron chi connectivity index (χ1n) is 4.47. The van der Waals surface area contributed by atoms with Crippen molar-refractivity contribution in [3.8, 4) is 11.5 Å². The minimum atomic E-state index is -0.699. The first kappa shape index (κ1) is 11.9. The van der Waals surface area contributed by atoms with Crippen LogP contribution in [0.5, 0.6) is 11.5 Å². The van der Waals surface area contributed by atoms with Crippen molar-refractivity contribution < 1.29 is 14.3 Å². The Hall–Kier alpha value is -1.22. The van der Waals surface area contributed by atoms with Gasteiger partial charge in [0, 0.05) is 5.56 Å². The molecule has 1 rings (SSSR count). The molecule has 0 spiro atoms. The van der Waals surface area contributed by atoms with Crippen LogP contribution in [0.25, 0.3) is 0 Å². The Morgan fingerprint density at radius 1 is 1.33 bits per heavy atom. The van der Waals surface area contributed by atoms with E-state index >= 15 is 0 Å². The molecule has 0 aliphatic heterocycles. The zero-order valence-electron chi connectivity index (χ0n) is 8.91. The summed E-state index contributed by atoms with van der Waals surface area (Å²) in [5.74, 6) is 0.959. The maximum atomic E-state index is 11.2. The standard InChI is InChI=1S/C11H13ClO3/c1-7(13)10(12)8-5-4-6-9(14-2)11(8)15-3/h4-6,10H,1-3H3. The van der Waals surface area contributed by atoms with Crippen molar-refractivity contribution in [1.82, 2.24) is 0 Å². The number of carbonyl (C=O) groups is 1. The summed E-state index contributed by atoms with van der Waals surface area (Å²) in [4.78, 5) is 11.2. The fourth-order valence-corrected chi connectivity index (χ4v) is 1.50. The summed E-state index contributed by atoms with van der Waals surface area (Å²) in [6.07, 6.45) is 0. The van der Waals surface area contributed by atoms with E-state index in [0.717, 1.165) is 0 Å². The van der Waals surface area contributed by atoms with Crippen LogP contribution in [0.1, 0.15) is 17.9 Å². The number of carbonyl (C=O) groups excluding carboxylic acids is 1. The molecule has 0 radical (unpaired) electrons. The van der Waals surface area contributed by atoms with Gasteiger partial charge < -0.3 is 9.47 Å². The number of hydrogen-bond acceptors (Lipinski definition) is 3. The Balaban J connectivity index is 3.22. The second-order valence-corrected chi connectivity index (χ2v) is 3.49. The predicted octanol–water partition coefficient (Wildman–Crippen LogP) is 2.57. The van der Waals surface area contributed by atoms with E-state index in [0.29, 0.717) is 17.1 Å². The molecule has 0 aliphatic rings. The van der Waals surface area contributed by atoms with Crippen molar-refractivity contribution in [1.29, 1.82) is 0 Å². The van der Waals surface area contributed by atoms with Crippen molar-refractivity contribution >= 4 is 17.4 Å². The lowest BCUT2D eigenvalue weighted by Crippen LogP contribution is -2.04. The Morgan fingerprint density at radius 2 is 2.00 bits per heavy atom. The number of ketones is 1. The molecule has 0 amide bonds. The third-order valence-corrected chi connectivity index (χ3v) is 2.61. The van der Waals surface area contributed by atoms with E-state index in [2.05, 4.69) is 0 Å². The first-order chi connectivity index (χ1) is 7.11. The molecule has 15 heavy (non-hydrogen) atoms. The Bertz CT molecular complexity index is 363. The highest BCUT2D eigenvalue weighted by Gasteiger charge is 2.20. The monoisotopic (exact) mass is 228 g/mol. The number of hydrogen-bond donors (Lipinski definition) is 0. The van der Waals surface area contributed by atoms with Gasteiger partial charge in [0.2, 0.25) is 0 Å². The second kappa shape index (κ2) is 5.03. The largest absolute Gasteiger partial charge is 0.493 e. The number of alkyl halides is 1. The fourth-order valence-electron chi connectivity index (χ4n) is 1.33. The lowest BCUT2D eigenvalue weighted by atomic mass is 10.1. The van der Waals surface area contributed by atoms with Gasteiger partial charge in [0.15, 0.2) is 17.3 Å². The topological polar surface area (TPSA) is 35.5 Å². The molecule has 0 heterocycles. The number of halogens is 1. The van der Waals surface area contributed by atoms with Crippen LogP contribution in [-0.2, 0) is 4.79 Å². The predicted molar refractivity (Wildman–Crippen MR) is 58.8 cm³/mol. The Labute approximate surface area is 93.9 Å². The molecule has 3 nitrogen and oxygen atoms in total. The molecule has 1 aromatic rings. The summed E-state index contributed by atoms with van der Waals surface area (Å²) in [5, 5.41) is -0.699. The van der Waals surface area contributed by atoms with Gasteiger partial charge in [0.05, 0.1) is 14.2 Å². The Morgan fingerprint density at radius 3 is 2.47 bits per heavy atom. The molecular formula is C11H13ClO3. The van der Waals surface area contributed by atoms with Gasteiger partial charge >= 0.3 is 0 Å². The van der Waals surface area contributed by atoms with Crippen LogP contribution in [0, 0.1) is 0 Å². The van der Waals surface area contributed by atoms with Gasteiger partial charge in [-0.3, -0.25) is 4.79 Å². The van der Waals surface area contributed by atoms with E-state index < -0.39 is 5.38 Å². The van der Waals surface area contributed by atoms with Gasteiger partial charge in [-0.1, -0.05) is 12.1 Å². The molecule has 0 saturated carbocycles. The van der Waals surface area contributed by atoms with Crippen LogP contribution < -0.4 is 9.47 Å². The summed E-state index contributed by atoms with van der Waals surface area (Å²) in [6, 6.07) is 5.28. The average Bonchev–Trinajstić information content (AvgIpc) is 2.26. The number of methoxy groups -OCH3 is 2. The smallest absolute Gasteiger partial charge is 0.165 e. The highest BCUT2D eigenvalue weighted by atomic mass is 35.5. The van der Waals surface area contributed by atoms with E-state index in [1.807, 2.05) is 0 Å². The number of ether oxygens (including phenoxy) is 2. The summed E-state index contributed by atoms with van der Waals surface area (Å²) in [6.45, 7) is 1.44. The average molecular weight is 229 g/mol. The van der Waals surface area contributed by atoms with Crippen LogP contribution in [0.2, 0.25) is 0 Å². The molecule has 82 valence electrons. The van der Waals surface area contributed by atoms with Crippen molar-refractivity contribution in [3.63, 3.8) is 0 Å². The SMILES string of the molecule is COc1cccc(C(Cl)C(C)=O)c1OC. The minimum absolute atomic E-state index is 0.122. The molecule has 0 fully saturated rings. The number of Topliss-reactive ketones (excluding diaryl/α,β-unsaturated/α-hetero) is 1. The zero-order chi connectivity index (χ0) is 11.4. The van der Waals surface area contributed by atoms with Crippen molar-refractivity contribution in [2.75, 3.05) is 14.2 Å². The highest BCUT2D eigenvalue weighted by molar-refractivity contribution is 6.31. The van der Waals surface area contributed by atoms with Crippen LogP contribution in [0.15, 0.2) is 18.2 Å². The first-order valence-corrected chi connectivity index (χ1v) is 4.90. The number of rotatable bonds is 4. The molecule has 0 bridgehead atoms. The van der Waals surface area contributed by atoms with Gasteiger partial charge in [-0.05, 0) is 13.0 Å². The van der Waals surface area contributed by atoms with E-state index in [9.17, 15) is 4.79 Å². The number of benzene rings is 1. The fraction of sp³-hybridized carbons (Fsp3) is 0.364. The molecule has 0 aliphatic carbocycles. The second-order valence-electron chi connectivity index (χ2n) is 3.06. The van der Waals surface area contributed by atoms with Crippen molar-refractivity contribution in [2.45, 2.75) is 12.3 Å². The number of para-hydroxylation sites is 1. The maximum absolute atomic E-state index is 11.2. The molecule has 0 aromatic heterocycles. The third kappa shape index (κ3) is 2.42. The lowest BCUT2D eigenvalue weighted by molar-refractivity contribution is -0.116. The van der Waals surface area contributed by atoms with Crippen molar-refractivity contribution in [3.05, 3.63) is 23.8 Å². The minimum Gasteiger partial charge on any atom is -0.493 e. The van der Waals surface area contributed by atoms with E-state index in [1.54, 1.807) is 25.3 Å². The molecule has 1 unspecified atom stereocenters. The molecular weight excluding hydrogens is 216 g/mol.